The molecule has 0 saturated carbocycles. The summed E-state index contributed by atoms with van der Waals surface area (Å²) in [7, 11) is 0. The molecule has 0 aromatic carbocycles. The zero-order valence-corrected chi connectivity index (χ0v) is 18.6. The molecule has 1 aliphatic rings. The fourth-order valence-electron chi connectivity index (χ4n) is 2.61. The van der Waals surface area contributed by atoms with Gasteiger partial charge in [0.15, 0.2) is 0 Å². The molecule has 30 heavy (non-hydrogen) atoms. The number of carbonyl (C=O) groups excluding carboxylic acids is 2. The molecule has 0 spiro atoms. The second-order valence-corrected chi connectivity index (χ2v) is 7.49. The van der Waals surface area contributed by atoms with Gasteiger partial charge in [-0.05, 0) is 26.3 Å². The number of allylic oxidation sites excluding steroid dienone is 1. The van der Waals surface area contributed by atoms with Crippen molar-refractivity contribution in [3.05, 3.63) is 48.8 Å². The highest BCUT2D eigenvalue weighted by molar-refractivity contribution is 5.87. The summed E-state index contributed by atoms with van der Waals surface area (Å²) in [5, 5.41) is 0. The highest BCUT2D eigenvalue weighted by Gasteiger charge is 2.23. The van der Waals surface area contributed by atoms with Crippen LogP contribution in [0.5, 0.6) is 0 Å². The quantitative estimate of drug-likeness (QED) is 0.194. The molecule has 0 aromatic heterocycles. The Morgan fingerprint density at radius 3 is 1.27 bits per heavy atom. The van der Waals surface area contributed by atoms with Crippen LogP contribution in [0.25, 0.3) is 0 Å². The summed E-state index contributed by atoms with van der Waals surface area (Å²) in [6.07, 6.45) is 0. The Kier molecular flexibility index (Phi) is 11.1. The van der Waals surface area contributed by atoms with Crippen LogP contribution < -0.4 is 0 Å². The minimum absolute atomic E-state index is 0.279. The van der Waals surface area contributed by atoms with Crippen LogP contribution >= 0.6 is 0 Å². The average molecular weight is 422 g/mol. The van der Waals surface area contributed by atoms with E-state index in [0.29, 0.717) is 63.2 Å². The van der Waals surface area contributed by atoms with Gasteiger partial charge in [-0.15, -0.1) is 0 Å². The van der Waals surface area contributed by atoms with E-state index in [0.717, 1.165) is 5.57 Å². The Labute approximate surface area is 180 Å². The summed E-state index contributed by atoms with van der Waals surface area (Å²) in [5.41, 5.74) is 1.56. The third kappa shape index (κ3) is 9.87. The lowest BCUT2D eigenvalue weighted by Gasteiger charge is -2.42. The highest BCUT2D eigenvalue weighted by Crippen LogP contribution is 2.10. The summed E-state index contributed by atoms with van der Waals surface area (Å²) in [6.45, 7) is 24.9. The smallest absolute Gasteiger partial charge is 0.333 e. The molecular weight excluding hydrogens is 386 g/mol. The van der Waals surface area contributed by atoms with E-state index in [4.69, 9.17) is 14.2 Å². The van der Waals surface area contributed by atoms with Crippen LogP contribution in [0.3, 0.4) is 0 Å². The van der Waals surface area contributed by atoms with E-state index in [2.05, 4.69) is 41.0 Å². The first kappa shape index (κ1) is 25.6. The first-order valence-corrected chi connectivity index (χ1v) is 9.90. The van der Waals surface area contributed by atoms with Gasteiger partial charge in [0.2, 0.25) is 0 Å². The van der Waals surface area contributed by atoms with Crippen molar-refractivity contribution in [2.24, 2.45) is 0 Å². The van der Waals surface area contributed by atoms with Gasteiger partial charge in [0.05, 0.1) is 20.0 Å². The number of hydrogen-bond donors (Lipinski definition) is 0. The molecule has 1 saturated heterocycles. The average Bonchev–Trinajstić information content (AvgIpc) is 2.67. The first-order valence-electron chi connectivity index (χ1n) is 9.90. The lowest BCUT2D eigenvalue weighted by Crippen LogP contribution is -2.56. The Hall–Kier alpha value is -2.42. The molecule has 8 heteroatoms. The van der Waals surface area contributed by atoms with Gasteiger partial charge < -0.3 is 14.2 Å². The lowest BCUT2D eigenvalue weighted by atomic mass is 10.3. The number of rotatable bonds is 13. The van der Waals surface area contributed by atoms with Gasteiger partial charge in [-0.25, -0.2) is 9.59 Å². The van der Waals surface area contributed by atoms with Crippen molar-refractivity contribution >= 4 is 11.9 Å². The molecule has 1 fully saturated rings. The third-order valence-corrected chi connectivity index (χ3v) is 4.34. The molecule has 0 radical (unpaired) electrons. The molecule has 0 aliphatic carbocycles. The standard InChI is InChI=1S/C22H35N3O5/c1-17(2)20(7)28-11-8-23-14-24(9-12-29-21(26)18(3)4)16-25(15-23)10-13-30-22(27)19(5)6/h1,3,5,7-16H2,2,4,6H3. The number of carbonyl (C=O) groups is 2. The molecule has 8 nitrogen and oxygen atoms in total. The van der Waals surface area contributed by atoms with Gasteiger partial charge in [0.25, 0.3) is 0 Å². The monoisotopic (exact) mass is 421 g/mol. The van der Waals surface area contributed by atoms with Crippen molar-refractivity contribution in [2.45, 2.75) is 20.8 Å². The van der Waals surface area contributed by atoms with Gasteiger partial charge in [0.1, 0.15) is 25.6 Å². The van der Waals surface area contributed by atoms with Crippen molar-refractivity contribution < 1.29 is 23.8 Å². The predicted molar refractivity (Wildman–Crippen MR) is 116 cm³/mol. The summed E-state index contributed by atoms with van der Waals surface area (Å²) >= 11 is 0. The Balaban J connectivity index is 2.56. The molecule has 1 heterocycles. The van der Waals surface area contributed by atoms with Crippen LogP contribution in [0.2, 0.25) is 0 Å². The number of esters is 2. The van der Waals surface area contributed by atoms with E-state index in [1.54, 1.807) is 13.8 Å². The lowest BCUT2D eigenvalue weighted by molar-refractivity contribution is -0.140. The molecular formula is C22H35N3O5. The van der Waals surface area contributed by atoms with Crippen LogP contribution in [0.15, 0.2) is 48.8 Å². The zero-order chi connectivity index (χ0) is 22.7. The molecule has 0 N–H and O–H groups in total. The summed E-state index contributed by atoms with van der Waals surface area (Å²) < 4.78 is 16.0. The Morgan fingerprint density at radius 1 is 0.633 bits per heavy atom. The molecule has 0 atom stereocenters. The minimum Gasteiger partial charge on any atom is -0.493 e. The van der Waals surface area contributed by atoms with E-state index in [-0.39, 0.29) is 25.2 Å². The second kappa shape index (κ2) is 13.0. The predicted octanol–water partition coefficient (Wildman–Crippen LogP) is 2.12. The summed E-state index contributed by atoms with van der Waals surface area (Å²) in [4.78, 5) is 29.7. The van der Waals surface area contributed by atoms with Crippen LogP contribution in [0.4, 0.5) is 0 Å². The maximum atomic E-state index is 11.6. The highest BCUT2D eigenvalue weighted by atomic mass is 16.5. The van der Waals surface area contributed by atoms with Crippen LogP contribution in [-0.2, 0) is 23.8 Å². The van der Waals surface area contributed by atoms with Gasteiger partial charge in [0, 0.05) is 30.8 Å². The van der Waals surface area contributed by atoms with Crippen molar-refractivity contribution in [3.63, 3.8) is 0 Å². The third-order valence-electron chi connectivity index (χ3n) is 4.34. The summed E-state index contributed by atoms with van der Waals surface area (Å²) in [5.74, 6) is -0.197. The SMILES string of the molecule is C=C(C)C(=C)OCCN1CN(CCOC(=O)C(=C)C)CN(CCOC(=O)C(=C)C)C1. The maximum absolute atomic E-state index is 11.6. The largest absolute Gasteiger partial charge is 0.493 e. The fraction of sp³-hybridized carbons (Fsp3) is 0.545. The molecule has 0 aromatic rings. The molecule has 0 unspecified atom stereocenters. The van der Waals surface area contributed by atoms with Gasteiger partial charge >= 0.3 is 11.9 Å². The Bertz CT molecular complexity index is 577. The van der Waals surface area contributed by atoms with E-state index >= 15 is 0 Å². The molecule has 1 aliphatic heterocycles. The maximum Gasteiger partial charge on any atom is 0.333 e. The number of nitrogens with zero attached hydrogens (tertiary/aromatic N) is 3. The topological polar surface area (TPSA) is 71.6 Å². The molecule has 0 bridgehead atoms. The van der Waals surface area contributed by atoms with Gasteiger partial charge in [-0.3, -0.25) is 14.7 Å². The van der Waals surface area contributed by atoms with E-state index in [1.165, 1.54) is 0 Å². The Morgan fingerprint density at radius 2 is 0.967 bits per heavy atom. The van der Waals surface area contributed by atoms with Crippen molar-refractivity contribution in [2.75, 3.05) is 59.5 Å². The first-order chi connectivity index (χ1) is 14.1. The number of ether oxygens (including phenoxy) is 3. The van der Waals surface area contributed by atoms with E-state index < -0.39 is 0 Å². The second-order valence-electron chi connectivity index (χ2n) is 7.49. The van der Waals surface area contributed by atoms with Crippen LogP contribution in [0.1, 0.15) is 20.8 Å². The number of hydrogen-bond acceptors (Lipinski definition) is 8. The minimum atomic E-state index is -0.390. The summed E-state index contributed by atoms with van der Waals surface area (Å²) in [6, 6.07) is 0. The normalized spacial score (nSPS) is 15.3. The van der Waals surface area contributed by atoms with Crippen LogP contribution in [0, 0.1) is 0 Å². The van der Waals surface area contributed by atoms with Crippen molar-refractivity contribution in [3.8, 4) is 0 Å². The zero-order valence-electron chi connectivity index (χ0n) is 18.6. The van der Waals surface area contributed by atoms with Crippen LogP contribution in [-0.4, -0.2) is 86.1 Å². The van der Waals surface area contributed by atoms with E-state index in [9.17, 15) is 9.59 Å². The molecule has 168 valence electrons. The van der Waals surface area contributed by atoms with Crippen molar-refractivity contribution in [1.82, 2.24) is 14.7 Å². The fourth-order valence-corrected chi connectivity index (χ4v) is 2.61. The van der Waals surface area contributed by atoms with Gasteiger partial charge in [-0.1, -0.05) is 26.3 Å². The van der Waals surface area contributed by atoms with Crippen molar-refractivity contribution in [1.29, 1.82) is 0 Å². The molecule has 1 rings (SSSR count). The van der Waals surface area contributed by atoms with Gasteiger partial charge in [-0.2, -0.15) is 0 Å². The molecule has 0 amide bonds. The van der Waals surface area contributed by atoms with E-state index in [1.807, 2.05) is 6.92 Å².